The zero-order valence-electron chi connectivity index (χ0n) is 12.9. The summed E-state index contributed by atoms with van der Waals surface area (Å²) in [6, 6.07) is 8.70. The Labute approximate surface area is 140 Å². The van der Waals surface area contributed by atoms with Gasteiger partial charge in [0.05, 0.1) is 11.4 Å². The van der Waals surface area contributed by atoms with Gasteiger partial charge in [-0.2, -0.15) is 14.6 Å². The highest BCUT2D eigenvalue weighted by atomic mass is 35.5. The summed E-state index contributed by atoms with van der Waals surface area (Å²) in [4.78, 5) is 19.9. The van der Waals surface area contributed by atoms with Gasteiger partial charge in [-0.25, -0.2) is 0 Å². The summed E-state index contributed by atoms with van der Waals surface area (Å²) in [5, 5.41) is 8.70. The van der Waals surface area contributed by atoms with Crippen LogP contribution < -0.4 is 5.56 Å². The topological polar surface area (TPSA) is 89.1 Å². The van der Waals surface area contributed by atoms with E-state index < -0.39 is 0 Å². The Morgan fingerprint density at radius 3 is 2.62 bits per heavy atom. The minimum Gasteiger partial charge on any atom is -0.339 e. The van der Waals surface area contributed by atoms with Gasteiger partial charge in [-0.15, -0.1) is 0 Å². The number of nitrogens with zero attached hydrogens (tertiary/aromatic N) is 4. The second kappa shape index (κ2) is 5.31. The van der Waals surface area contributed by atoms with E-state index in [4.69, 9.17) is 16.1 Å². The van der Waals surface area contributed by atoms with Crippen LogP contribution in [0.5, 0.6) is 0 Å². The minimum atomic E-state index is -0.251. The number of rotatable bonds is 2. The molecular weight excluding hydrogens is 330 g/mol. The largest absolute Gasteiger partial charge is 0.339 e. The molecule has 8 heteroatoms. The molecule has 1 N–H and O–H groups in total. The molecule has 0 saturated heterocycles. The van der Waals surface area contributed by atoms with E-state index in [2.05, 4.69) is 20.2 Å². The third kappa shape index (κ3) is 2.30. The zero-order chi connectivity index (χ0) is 16.8. The summed E-state index contributed by atoms with van der Waals surface area (Å²) in [6.07, 6.45) is 0. The third-order valence-electron chi connectivity index (χ3n) is 3.69. The quantitative estimate of drug-likeness (QED) is 0.605. The molecule has 0 spiro atoms. The van der Waals surface area contributed by atoms with Crippen LogP contribution in [0.25, 0.3) is 28.4 Å². The molecule has 7 nitrogen and oxygen atoms in total. The predicted octanol–water partition coefficient (Wildman–Crippen LogP) is 3.01. The van der Waals surface area contributed by atoms with Crippen LogP contribution in [0.4, 0.5) is 0 Å². The Hall–Kier alpha value is -2.93. The van der Waals surface area contributed by atoms with E-state index in [0.29, 0.717) is 39.3 Å². The van der Waals surface area contributed by atoms with Crippen LogP contribution in [0.1, 0.15) is 11.5 Å². The van der Waals surface area contributed by atoms with E-state index in [1.165, 1.54) is 10.6 Å². The van der Waals surface area contributed by atoms with Gasteiger partial charge >= 0.3 is 0 Å². The first kappa shape index (κ1) is 14.6. The molecule has 0 aliphatic carbocycles. The first-order valence-corrected chi connectivity index (χ1v) is 7.60. The highest BCUT2D eigenvalue weighted by molar-refractivity contribution is 6.30. The highest BCUT2D eigenvalue weighted by Gasteiger charge is 2.19. The second-order valence-electron chi connectivity index (χ2n) is 5.40. The average molecular weight is 342 g/mol. The summed E-state index contributed by atoms with van der Waals surface area (Å²) in [5.74, 6) is 0.837. The first-order valence-electron chi connectivity index (χ1n) is 7.22. The van der Waals surface area contributed by atoms with Crippen LogP contribution in [0.15, 0.2) is 39.6 Å². The summed E-state index contributed by atoms with van der Waals surface area (Å²) in [5.41, 5.74) is 2.99. The Bertz CT molecular complexity index is 1110. The lowest BCUT2D eigenvalue weighted by molar-refractivity contribution is 0.425. The van der Waals surface area contributed by atoms with Crippen molar-refractivity contribution in [3.63, 3.8) is 0 Å². The molecule has 0 unspecified atom stereocenters. The molecule has 0 radical (unpaired) electrons. The minimum absolute atomic E-state index is 0.251. The van der Waals surface area contributed by atoms with Crippen molar-refractivity contribution in [3.05, 3.63) is 57.2 Å². The Morgan fingerprint density at radius 2 is 1.96 bits per heavy atom. The predicted molar refractivity (Wildman–Crippen MR) is 89.0 cm³/mol. The number of hydrogen-bond acceptors (Lipinski definition) is 5. The fourth-order valence-electron chi connectivity index (χ4n) is 2.59. The lowest BCUT2D eigenvalue weighted by atomic mass is 10.1. The van der Waals surface area contributed by atoms with Crippen molar-refractivity contribution in [1.82, 2.24) is 24.7 Å². The molecule has 4 aromatic rings. The van der Waals surface area contributed by atoms with Crippen LogP contribution >= 0.6 is 11.6 Å². The highest BCUT2D eigenvalue weighted by Crippen LogP contribution is 2.26. The molecular formula is C16H12ClN5O2. The van der Waals surface area contributed by atoms with Crippen molar-refractivity contribution in [2.24, 2.45) is 0 Å². The fraction of sp³-hybridized carbons (Fsp3) is 0.125. The first-order chi connectivity index (χ1) is 11.5. The molecule has 0 aliphatic heterocycles. The normalized spacial score (nSPS) is 11.3. The molecule has 0 aliphatic rings. The van der Waals surface area contributed by atoms with Crippen molar-refractivity contribution < 1.29 is 4.52 Å². The van der Waals surface area contributed by atoms with Gasteiger partial charge in [0.1, 0.15) is 5.56 Å². The fourth-order valence-corrected chi connectivity index (χ4v) is 2.72. The Morgan fingerprint density at radius 1 is 1.21 bits per heavy atom. The molecule has 120 valence electrons. The van der Waals surface area contributed by atoms with Gasteiger partial charge < -0.3 is 9.51 Å². The number of aromatic amines is 1. The van der Waals surface area contributed by atoms with E-state index in [9.17, 15) is 4.79 Å². The van der Waals surface area contributed by atoms with Crippen molar-refractivity contribution in [3.8, 4) is 22.7 Å². The average Bonchev–Trinajstić information content (AvgIpc) is 3.11. The summed E-state index contributed by atoms with van der Waals surface area (Å²) in [6.45, 7) is 3.52. The number of benzene rings is 1. The monoisotopic (exact) mass is 341 g/mol. The van der Waals surface area contributed by atoms with Crippen molar-refractivity contribution in [2.45, 2.75) is 13.8 Å². The van der Waals surface area contributed by atoms with Crippen molar-refractivity contribution in [2.75, 3.05) is 0 Å². The summed E-state index contributed by atoms with van der Waals surface area (Å²) < 4.78 is 6.54. The lowest BCUT2D eigenvalue weighted by Crippen LogP contribution is -2.14. The number of halogens is 1. The number of aromatic nitrogens is 5. The van der Waals surface area contributed by atoms with Crippen LogP contribution in [0.3, 0.4) is 0 Å². The van der Waals surface area contributed by atoms with E-state index >= 15 is 0 Å². The Balaban J connectivity index is 2.00. The number of hydrogen-bond donors (Lipinski definition) is 1. The van der Waals surface area contributed by atoms with Gasteiger partial charge in [0.2, 0.25) is 0 Å². The van der Waals surface area contributed by atoms with Crippen molar-refractivity contribution >= 4 is 17.2 Å². The van der Waals surface area contributed by atoms with Gasteiger partial charge in [0.15, 0.2) is 11.5 Å². The second-order valence-corrected chi connectivity index (χ2v) is 5.83. The molecule has 1 aromatic carbocycles. The van der Waals surface area contributed by atoms with E-state index in [0.717, 1.165) is 5.56 Å². The number of nitrogens with one attached hydrogen (secondary N) is 1. The van der Waals surface area contributed by atoms with Crippen LogP contribution in [0.2, 0.25) is 5.02 Å². The number of fused-ring (bicyclic) bond motifs is 1. The van der Waals surface area contributed by atoms with E-state index in [-0.39, 0.29) is 5.56 Å². The third-order valence-corrected chi connectivity index (χ3v) is 3.94. The zero-order valence-corrected chi connectivity index (χ0v) is 13.6. The standard InChI is InChI=1S/C16H12ClN5O2/c1-8-14(16-18-9(2)21-24-16)15-19-12(7-13(23)22(15)20-8)10-3-5-11(17)6-4-10/h3-7,19H,1-2H3. The maximum absolute atomic E-state index is 12.4. The summed E-state index contributed by atoms with van der Waals surface area (Å²) in [7, 11) is 0. The van der Waals surface area contributed by atoms with Crippen LogP contribution in [0, 0.1) is 13.8 Å². The molecule has 0 bridgehead atoms. The van der Waals surface area contributed by atoms with Crippen molar-refractivity contribution in [1.29, 1.82) is 0 Å². The van der Waals surface area contributed by atoms with Gasteiger partial charge in [0, 0.05) is 11.1 Å². The molecule has 3 aromatic heterocycles. The lowest BCUT2D eigenvalue weighted by Gasteiger charge is -2.03. The Kier molecular flexibility index (Phi) is 3.24. The molecule has 4 rings (SSSR count). The maximum Gasteiger partial charge on any atom is 0.274 e. The SMILES string of the molecule is Cc1noc(-c2c(C)nn3c(=O)cc(-c4ccc(Cl)cc4)[nH]c23)n1. The van der Waals surface area contributed by atoms with E-state index in [1.807, 2.05) is 12.1 Å². The number of aryl methyl sites for hydroxylation is 2. The molecule has 3 heterocycles. The molecule has 0 fully saturated rings. The van der Waals surface area contributed by atoms with Gasteiger partial charge in [-0.3, -0.25) is 4.79 Å². The maximum atomic E-state index is 12.4. The van der Waals surface area contributed by atoms with Gasteiger partial charge in [-0.05, 0) is 31.5 Å². The van der Waals surface area contributed by atoms with E-state index in [1.54, 1.807) is 26.0 Å². The van der Waals surface area contributed by atoms with Gasteiger partial charge in [-0.1, -0.05) is 28.9 Å². The molecule has 0 amide bonds. The summed E-state index contributed by atoms with van der Waals surface area (Å²) >= 11 is 5.92. The number of H-pyrrole nitrogens is 1. The molecule has 0 atom stereocenters. The molecule has 24 heavy (non-hydrogen) atoms. The smallest absolute Gasteiger partial charge is 0.274 e. The van der Waals surface area contributed by atoms with Crippen LogP contribution in [-0.4, -0.2) is 24.7 Å². The van der Waals surface area contributed by atoms with Crippen LogP contribution in [-0.2, 0) is 0 Å². The van der Waals surface area contributed by atoms with Gasteiger partial charge in [0.25, 0.3) is 11.4 Å². The molecule has 0 saturated carbocycles.